The molecule has 0 bridgehead atoms. The van der Waals surface area contributed by atoms with E-state index in [2.05, 4.69) is 17.2 Å². The van der Waals surface area contributed by atoms with Gasteiger partial charge in [-0.2, -0.15) is 0 Å². The number of anilines is 1. The second kappa shape index (κ2) is 9.26. The second-order valence-corrected chi connectivity index (χ2v) is 7.87. The van der Waals surface area contributed by atoms with E-state index < -0.39 is 0 Å². The number of hydrogen-bond donors (Lipinski definition) is 1. The average molecular weight is 416 g/mol. The summed E-state index contributed by atoms with van der Waals surface area (Å²) in [6.45, 7) is 4.57. The summed E-state index contributed by atoms with van der Waals surface area (Å²) in [5.74, 6) is -0.0167. The number of aromatic nitrogens is 2. The van der Waals surface area contributed by atoms with Gasteiger partial charge in [0.15, 0.2) is 5.16 Å². The third-order valence-corrected chi connectivity index (χ3v) is 5.73. The number of amides is 1. The molecule has 1 amide bonds. The normalized spacial score (nSPS) is 11.0. The Hall–Kier alpha value is -2.31. The maximum atomic E-state index is 12.9. The van der Waals surface area contributed by atoms with Gasteiger partial charge in [-0.15, -0.1) is 0 Å². The van der Waals surface area contributed by atoms with E-state index in [0.29, 0.717) is 33.3 Å². The van der Waals surface area contributed by atoms with Gasteiger partial charge in [-0.3, -0.25) is 14.2 Å². The van der Waals surface area contributed by atoms with E-state index >= 15 is 0 Å². The number of unbranched alkanes of at least 4 members (excludes halogenated alkanes) is 1. The van der Waals surface area contributed by atoms with Crippen molar-refractivity contribution in [3.05, 3.63) is 63.4 Å². The number of halogens is 1. The minimum atomic E-state index is -0.172. The Balaban J connectivity index is 1.79. The van der Waals surface area contributed by atoms with Crippen molar-refractivity contribution < 1.29 is 4.79 Å². The minimum absolute atomic E-state index is 0.0627. The number of nitrogens with one attached hydrogen (secondary N) is 1. The molecule has 0 aliphatic carbocycles. The van der Waals surface area contributed by atoms with E-state index in [1.807, 2.05) is 37.3 Å². The Morgan fingerprint density at radius 3 is 2.79 bits per heavy atom. The van der Waals surface area contributed by atoms with Gasteiger partial charge in [0.2, 0.25) is 5.91 Å². The lowest BCUT2D eigenvalue weighted by atomic mass is 10.2. The molecule has 0 aliphatic rings. The number of aryl methyl sites for hydroxylation is 1. The van der Waals surface area contributed by atoms with E-state index in [1.165, 1.54) is 11.8 Å². The smallest absolute Gasteiger partial charge is 0.262 e. The first-order valence-corrected chi connectivity index (χ1v) is 10.5. The van der Waals surface area contributed by atoms with E-state index in [0.717, 1.165) is 18.4 Å². The predicted molar refractivity (Wildman–Crippen MR) is 116 cm³/mol. The van der Waals surface area contributed by atoms with Crippen LogP contribution in [0, 0.1) is 6.92 Å². The minimum Gasteiger partial charge on any atom is -0.325 e. The number of carbonyl (C=O) groups excluding carboxylic acids is 1. The van der Waals surface area contributed by atoms with Crippen molar-refractivity contribution in [3.63, 3.8) is 0 Å². The van der Waals surface area contributed by atoms with Gasteiger partial charge in [-0.25, -0.2) is 4.98 Å². The molecule has 1 aromatic heterocycles. The molecule has 7 heteroatoms. The van der Waals surface area contributed by atoms with Crippen LogP contribution >= 0.6 is 23.4 Å². The number of benzene rings is 2. The average Bonchev–Trinajstić information content (AvgIpc) is 2.69. The molecule has 2 aromatic carbocycles. The summed E-state index contributed by atoms with van der Waals surface area (Å²) in [4.78, 5) is 29.8. The highest BCUT2D eigenvalue weighted by molar-refractivity contribution is 7.99. The molecule has 0 aliphatic heterocycles. The summed E-state index contributed by atoms with van der Waals surface area (Å²) in [7, 11) is 0. The van der Waals surface area contributed by atoms with Crippen LogP contribution in [0.15, 0.2) is 52.4 Å². The maximum Gasteiger partial charge on any atom is 0.262 e. The first-order chi connectivity index (χ1) is 13.5. The van der Waals surface area contributed by atoms with Crippen molar-refractivity contribution in [3.8, 4) is 0 Å². The van der Waals surface area contributed by atoms with Gasteiger partial charge in [0, 0.05) is 17.3 Å². The third kappa shape index (κ3) is 4.75. The van der Waals surface area contributed by atoms with E-state index in [1.54, 1.807) is 16.7 Å². The lowest BCUT2D eigenvalue weighted by Crippen LogP contribution is -2.24. The number of carbonyl (C=O) groups is 1. The SMILES string of the molecule is CCCCn1c(SCC(=O)Nc2ccc(C)c(Cl)c2)nc2ccccc2c1=O. The standard InChI is InChI=1S/C21H22ClN3O2S/c1-3-4-11-25-20(27)16-7-5-6-8-18(16)24-21(25)28-13-19(26)23-15-10-9-14(2)17(22)12-15/h5-10,12H,3-4,11,13H2,1-2H3,(H,23,26). The Morgan fingerprint density at radius 1 is 1.25 bits per heavy atom. The Kier molecular flexibility index (Phi) is 6.75. The molecule has 0 fully saturated rings. The molecular formula is C21H22ClN3O2S. The van der Waals surface area contributed by atoms with Crippen LogP contribution in [0.25, 0.3) is 10.9 Å². The van der Waals surface area contributed by atoms with Crippen LogP contribution in [-0.4, -0.2) is 21.2 Å². The molecule has 5 nitrogen and oxygen atoms in total. The van der Waals surface area contributed by atoms with Crippen molar-refractivity contribution >= 4 is 45.9 Å². The fourth-order valence-electron chi connectivity index (χ4n) is 2.77. The quantitative estimate of drug-likeness (QED) is 0.440. The van der Waals surface area contributed by atoms with Gasteiger partial charge in [0.25, 0.3) is 5.56 Å². The lowest BCUT2D eigenvalue weighted by molar-refractivity contribution is -0.113. The highest BCUT2D eigenvalue weighted by Gasteiger charge is 2.13. The summed E-state index contributed by atoms with van der Waals surface area (Å²) in [5, 5.41) is 4.60. The molecule has 1 heterocycles. The third-order valence-electron chi connectivity index (χ3n) is 4.35. The number of hydrogen-bond acceptors (Lipinski definition) is 4. The second-order valence-electron chi connectivity index (χ2n) is 6.52. The zero-order chi connectivity index (χ0) is 20.1. The van der Waals surface area contributed by atoms with Crippen LogP contribution in [0.2, 0.25) is 5.02 Å². The van der Waals surface area contributed by atoms with E-state index in [-0.39, 0.29) is 17.2 Å². The summed E-state index contributed by atoms with van der Waals surface area (Å²) in [6.07, 6.45) is 1.85. The Labute approximate surface area is 173 Å². The molecule has 28 heavy (non-hydrogen) atoms. The predicted octanol–water partition coefficient (Wildman–Crippen LogP) is 4.89. The highest BCUT2D eigenvalue weighted by atomic mass is 35.5. The monoisotopic (exact) mass is 415 g/mol. The number of fused-ring (bicyclic) bond motifs is 1. The Morgan fingerprint density at radius 2 is 2.04 bits per heavy atom. The van der Waals surface area contributed by atoms with Gasteiger partial charge in [0.1, 0.15) is 0 Å². The molecule has 0 saturated heterocycles. The number of thioether (sulfide) groups is 1. The lowest BCUT2D eigenvalue weighted by Gasteiger charge is -2.13. The van der Waals surface area contributed by atoms with Crippen molar-refractivity contribution in [1.82, 2.24) is 9.55 Å². The molecule has 0 saturated carbocycles. The maximum absolute atomic E-state index is 12.9. The van der Waals surface area contributed by atoms with E-state index in [9.17, 15) is 9.59 Å². The first kappa shape index (κ1) is 20.4. The zero-order valence-corrected chi connectivity index (χ0v) is 17.4. The molecular weight excluding hydrogens is 394 g/mol. The van der Waals surface area contributed by atoms with Gasteiger partial charge in [-0.05, 0) is 43.2 Å². The fraction of sp³-hybridized carbons (Fsp3) is 0.286. The van der Waals surface area contributed by atoms with Gasteiger partial charge >= 0.3 is 0 Å². The highest BCUT2D eigenvalue weighted by Crippen LogP contribution is 2.22. The van der Waals surface area contributed by atoms with Crippen LogP contribution in [0.1, 0.15) is 25.3 Å². The molecule has 0 atom stereocenters. The van der Waals surface area contributed by atoms with Crippen LogP contribution < -0.4 is 10.9 Å². The van der Waals surface area contributed by atoms with Crippen molar-refractivity contribution in [2.24, 2.45) is 0 Å². The van der Waals surface area contributed by atoms with Crippen molar-refractivity contribution in [2.75, 3.05) is 11.1 Å². The van der Waals surface area contributed by atoms with Gasteiger partial charge < -0.3 is 5.32 Å². The molecule has 3 aromatic rings. The largest absolute Gasteiger partial charge is 0.325 e. The fourth-order valence-corrected chi connectivity index (χ4v) is 3.77. The van der Waals surface area contributed by atoms with Gasteiger partial charge in [0.05, 0.1) is 16.7 Å². The van der Waals surface area contributed by atoms with Crippen molar-refractivity contribution in [1.29, 1.82) is 0 Å². The van der Waals surface area contributed by atoms with Crippen molar-refractivity contribution in [2.45, 2.75) is 38.4 Å². The molecule has 0 radical (unpaired) electrons. The first-order valence-electron chi connectivity index (χ1n) is 9.18. The Bertz CT molecular complexity index is 1070. The van der Waals surface area contributed by atoms with Gasteiger partial charge in [-0.1, -0.05) is 54.9 Å². The number of para-hydroxylation sites is 1. The summed E-state index contributed by atoms with van der Waals surface area (Å²) < 4.78 is 1.67. The van der Waals surface area contributed by atoms with Crippen LogP contribution in [-0.2, 0) is 11.3 Å². The number of nitrogens with zero attached hydrogens (tertiary/aromatic N) is 2. The van der Waals surface area contributed by atoms with Crippen LogP contribution in [0.4, 0.5) is 5.69 Å². The van der Waals surface area contributed by atoms with E-state index in [4.69, 9.17) is 11.6 Å². The summed E-state index contributed by atoms with van der Waals surface area (Å²) in [5.41, 5.74) is 2.19. The molecule has 0 unspecified atom stereocenters. The molecule has 146 valence electrons. The van der Waals surface area contributed by atoms with Crippen LogP contribution in [0.3, 0.4) is 0 Å². The molecule has 1 N–H and O–H groups in total. The molecule has 0 spiro atoms. The number of rotatable bonds is 7. The summed E-state index contributed by atoms with van der Waals surface area (Å²) in [6, 6.07) is 12.7. The summed E-state index contributed by atoms with van der Waals surface area (Å²) >= 11 is 7.38. The zero-order valence-electron chi connectivity index (χ0n) is 15.9. The topological polar surface area (TPSA) is 64.0 Å². The molecule has 3 rings (SSSR count). The van der Waals surface area contributed by atoms with Crippen LogP contribution in [0.5, 0.6) is 0 Å².